The standard InChI is InChI=1S/C16H22ClNO2/c1-3-20-16(19)10-13-11-18(2)9-8-15(13)12-4-6-14(17)7-5-12/h4-7,13,15H,3,8-11H2,1-2H3/t13-,15+/m0/s1. The molecule has 0 N–H and O–H groups in total. The molecule has 0 aromatic heterocycles. The number of carbonyl (C=O) groups is 1. The van der Waals surface area contributed by atoms with E-state index < -0.39 is 0 Å². The number of benzene rings is 1. The summed E-state index contributed by atoms with van der Waals surface area (Å²) in [6, 6.07) is 8.01. The molecule has 0 saturated carbocycles. The van der Waals surface area contributed by atoms with Crippen molar-refractivity contribution in [3.05, 3.63) is 34.9 Å². The van der Waals surface area contributed by atoms with Gasteiger partial charge in [0.15, 0.2) is 0 Å². The highest BCUT2D eigenvalue weighted by Crippen LogP contribution is 2.35. The lowest BCUT2D eigenvalue weighted by Gasteiger charge is -2.36. The van der Waals surface area contributed by atoms with E-state index in [1.807, 2.05) is 19.1 Å². The van der Waals surface area contributed by atoms with Crippen LogP contribution in [-0.4, -0.2) is 37.6 Å². The van der Waals surface area contributed by atoms with E-state index in [0.29, 0.717) is 24.9 Å². The highest BCUT2D eigenvalue weighted by Gasteiger charge is 2.30. The van der Waals surface area contributed by atoms with Gasteiger partial charge in [-0.15, -0.1) is 0 Å². The number of esters is 1. The van der Waals surface area contributed by atoms with E-state index in [9.17, 15) is 4.79 Å². The monoisotopic (exact) mass is 295 g/mol. The molecule has 1 aromatic rings. The van der Waals surface area contributed by atoms with E-state index in [4.69, 9.17) is 16.3 Å². The van der Waals surface area contributed by atoms with Crippen LogP contribution in [0.1, 0.15) is 31.2 Å². The van der Waals surface area contributed by atoms with Gasteiger partial charge in [0.1, 0.15) is 0 Å². The SMILES string of the molecule is CCOC(=O)C[C@H]1CN(C)CC[C@@H]1c1ccc(Cl)cc1. The Morgan fingerprint density at radius 1 is 1.40 bits per heavy atom. The summed E-state index contributed by atoms with van der Waals surface area (Å²) in [5.74, 6) is 0.633. The van der Waals surface area contributed by atoms with Crippen molar-refractivity contribution in [2.75, 3.05) is 26.7 Å². The molecule has 1 fully saturated rings. The van der Waals surface area contributed by atoms with Crippen LogP contribution in [0.3, 0.4) is 0 Å². The number of piperidine rings is 1. The molecule has 0 bridgehead atoms. The molecule has 2 rings (SSSR count). The van der Waals surface area contributed by atoms with Crippen LogP contribution in [0.15, 0.2) is 24.3 Å². The zero-order valence-electron chi connectivity index (χ0n) is 12.1. The molecule has 110 valence electrons. The molecular weight excluding hydrogens is 274 g/mol. The Bertz CT molecular complexity index is 446. The van der Waals surface area contributed by atoms with E-state index >= 15 is 0 Å². The summed E-state index contributed by atoms with van der Waals surface area (Å²) in [4.78, 5) is 14.1. The van der Waals surface area contributed by atoms with Crippen LogP contribution in [0.4, 0.5) is 0 Å². The first-order valence-electron chi connectivity index (χ1n) is 7.19. The fourth-order valence-electron chi connectivity index (χ4n) is 3.00. The predicted molar refractivity (Wildman–Crippen MR) is 81.0 cm³/mol. The van der Waals surface area contributed by atoms with Gasteiger partial charge in [-0.3, -0.25) is 4.79 Å². The highest BCUT2D eigenvalue weighted by atomic mass is 35.5. The summed E-state index contributed by atoms with van der Waals surface area (Å²) in [5.41, 5.74) is 1.27. The van der Waals surface area contributed by atoms with Crippen molar-refractivity contribution in [3.63, 3.8) is 0 Å². The molecule has 0 radical (unpaired) electrons. The number of nitrogens with zero attached hydrogens (tertiary/aromatic N) is 1. The lowest BCUT2D eigenvalue weighted by molar-refractivity contribution is -0.144. The van der Waals surface area contributed by atoms with Gasteiger partial charge in [-0.25, -0.2) is 0 Å². The fraction of sp³-hybridized carbons (Fsp3) is 0.562. The molecule has 1 aliphatic heterocycles. The number of hydrogen-bond acceptors (Lipinski definition) is 3. The van der Waals surface area contributed by atoms with Crippen LogP contribution in [0.25, 0.3) is 0 Å². The first-order valence-corrected chi connectivity index (χ1v) is 7.57. The van der Waals surface area contributed by atoms with Crippen LogP contribution in [-0.2, 0) is 9.53 Å². The Kier molecular flexibility index (Phi) is 5.44. The number of likely N-dealkylation sites (tertiary alicyclic amines) is 1. The molecule has 1 saturated heterocycles. The second kappa shape index (κ2) is 7.09. The van der Waals surface area contributed by atoms with Gasteiger partial charge in [0.05, 0.1) is 13.0 Å². The molecule has 20 heavy (non-hydrogen) atoms. The molecule has 2 atom stereocenters. The quantitative estimate of drug-likeness (QED) is 0.798. The van der Waals surface area contributed by atoms with Crippen molar-refractivity contribution in [1.29, 1.82) is 0 Å². The van der Waals surface area contributed by atoms with E-state index in [1.165, 1.54) is 5.56 Å². The largest absolute Gasteiger partial charge is 0.466 e. The van der Waals surface area contributed by atoms with Crippen molar-refractivity contribution >= 4 is 17.6 Å². The lowest BCUT2D eigenvalue weighted by atomic mass is 9.79. The highest BCUT2D eigenvalue weighted by molar-refractivity contribution is 6.30. The van der Waals surface area contributed by atoms with Gasteiger partial charge in [-0.1, -0.05) is 23.7 Å². The summed E-state index contributed by atoms with van der Waals surface area (Å²) in [5, 5.41) is 0.753. The van der Waals surface area contributed by atoms with Gasteiger partial charge in [0.25, 0.3) is 0 Å². The topological polar surface area (TPSA) is 29.5 Å². The average Bonchev–Trinajstić information content (AvgIpc) is 2.40. The third-order valence-corrected chi connectivity index (χ3v) is 4.22. The maximum absolute atomic E-state index is 11.8. The maximum Gasteiger partial charge on any atom is 0.306 e. The van der Waals surface area contributed by atoms with Crippen LogP contribution >= 0.6 is 11.6 Å². The van der Waals surface area contributed by atoms with Gasteiger partial charge >= 0.3 is 5.97 Å². The zero-order chi connectivity index (χ0) is 14.5. The van der Waals surface area contributed by atoms with Gasteiger partial charge in [0.2, 0.25) is 0 Å². The van der Waals surface area contributed by atoms with Gasteiger partial charge in [-0.05, 0) is 56.5 Å². The first-order chi connectivity index (χ1) is 9.60. The lowest BCUT2D eigenvalue weighted by Crippen LogP contribution is -2.38. The van der Waals surface area contributed by atoms with Gasteiger partial charge in [0, 0.05) is 11.6 Å². The van der Waals surface area contributed by atoms with Crippen molar-refractivity contribution in [2.24, 2.45) is 5.92 Å². The van der Waals surface area contributed by atoms with Crippen molar-refractivity contribution < 1.29 is 9.53 Å². The van der Waals surface area contributed by atoms with Crippen LogP contribution in [0.2, 0.25) is 5.02 Å². The maximum atomic E-state index is 11.8. The summed E-state index contributed by atoms with van der Waals surface area (Å²) in [7, 11) is 2.11. The second-order valence-electron chi connectivity index (χ2n) is 5.48. The fourth-order valence-corrected chi connectivity index (χ4v) is 3.13. The molecule has 0 aliphatic carbocycles. The molecule has 0 amide bonds. The molecule has 4 heteroatoms. The number of rotatable bonds is 4. The Morgan fingerprint density at radius 3 is 2.75 bits per heavy atom. The Balaban J connectivity index is 2.11. The van der Waals surface area contributed by atoms with Gasteiger partial charge in [-0.2, -0.15) is 0 Å². The van der Waals surface area contributed by atoms with Gasteiger partial charge < -0.3 is 9.64 Å². The number of hydrogen-bond donors (Lipinski definition) is 0. The van der Waals surface area contributed by atoms with Crippen molar-refractivity contribution in [3.8, 4) is 0 Å². The molecule has 1 aromatic carbocycles. The minimum absolute atomic E-state index is 0.0910. The van der Waals surface area contributed by atoms with E-state index in [1.54, 1.807) is 0 Å². The molecule has 0 spiro atoms. The first kappa shape index (κ1) is 15.3. The predicted octanol–water partition coefficient (Wildman–Crippen LogP) is 3.33. The second-order valence-corrected chi connectivity index (χ2v) is 5.91. The number of ether oxygens (including phenoxy) is 1. The minimum atomic E-state index is -0.0910. The Labute approximate surface area is 125 Å². The van der Waals surface area contributed by atoms with Crippen LogP contribution < -0.4 is 0 Å². The smallest absolute Gasteiger partial charge is 0.306 e. The average molecular weight is 296 g/mol. The third kappa shape index (κ3) is 3.97. The normalized spacial score (nSPS) is 23.6. The summed E-state index contributed by atoms with van der Waals surface area (Å²) in [6.45, 7) is 4.30. The minimum Gasteiger partial charge on any atom is -0.466 e. The van der Waals surface area contributed by atoms with E-state index in [0.717, 1.165) is 24.5 Å². The summed E-state index contributed by atoms with van der Waals surface area (Å²) in [6.07, 6.45) is 1.56. The zero-order valence-corrected chi connectivity index (χ0v) is 12.9. The van der Waals surface area contributed by atoms with Crippen molar-refractivity contribution in [2.45, 2.75) is 25.7 Å². The Hall–Kier alpha value is -1.06. The molecule has 1 aliphatic rings. The van der Waals surface area contributed by atoms with Crippen LogP contribution in [0.5, 0.6) is 0 Å². The third-order valence-electron chi connectivity index (χ3n) is 3.97. The summed E-state index contributed by atoms with van der Waals surface area (Å²) >= 11 is 5.95. The van der Waals surface area contributed by atoms with Crippen LogP contribution in [0, 0.1) is 5.92 Å². The molecule has 1 heterocycles. The van der Waals surface area contributed by atoms with E-state index in [-0.39, 0.29) is 5.97 Å². The number of carbonyl (C=O) groups excluding carboxylic acids is 1. The Morgan fingerprint density at radius 2 is 2.10 bits per heavy atom. The summed E-state index contributed by atoms with van der Waals surface area (Å²) < 4.78 is 5.10. The van der Waals surface area contributed by atoms with Crippen molar-refractivity contribution in [1.82, 2.24) is 4.90 Å². The molecule has 0 unspecified atom stereocenters. The number of halogens is 1. The molecule has 3 nitrogen and oxygen atoms in total. The molecular formula is C16H22ClNO2. The van der Waals surface area contributed by atoms with E-state index in [2.05, 4.69) is 24.1 Å².